The van der Waals surface area contributed by atoms with Crippen LogP contribution in [0, 0.1) is 0 Å². The number of methoxy groups -OCH3 is 1. The van der Waals surface area contributed by atoms with Crippen molar-refractivity contribution >= 4 is 23.6 Å². The second-order valence-electron chi connectivity index (χ2n) is 3.86. The Hall–Kier alpha value is -1.69. The van der Waals surface area contributed by atoms with Crippen LogP contribution in [0.2, 0.25) is 0 Å². The lowest BCUT2D eigenvalue weighted by Gasteiger charge is -2.19. The van der Waals surface area contributed by atoms with E-state index < -0.39 is 17.9 Å². The number of carboxylic acid groups (broad SMARTS) is 1. The van der Waals surface area contributed by atoms with Gasteiger partial charge < -0.3 is 20.0 Å². The summed E-state index contributed by atoms with van der Waals surface area (Å²) in [6.45, 7) is 0. The average Bonchev–Trinajstić information content (AvgIpc) is 2.43. The van der Waals surface area contributed by atoms with Gasteiger partial charge >= 0.3 is 0 Å². The standard InChI is InChI=1S/C13H17NO4S/c1-18-10-5-3-9(4-6-10)12(15)14-11(13(16)17)7-8-19-2/h3-6,11H,7-8H2,1-2H3,(H,14,15)(H,16,17)/p-1/t11-/m0/s1. The molecule has 0 aliphatic heterocycles. The number of carbonyl (C=O) groups excluding carboxylic acids is 2. The zero-order valence-corrected chi connectivity index (χ0v) is 11.7. The van der Waals surface area contributed by atoms with E-state index in [1.165, 1.54) is 18.9 Å². The fraction of sp³-hybridized carbons (Fsp3) is 0.385. The van der Waals surface area contributed by atoms with E-state index in [0.29, 0.717) is 23.5 Å². The second-order valence-corrected chi connectivity index (χ2v) is 4.84. The Bertz CT molecular complexity index is 433. The maximum atomic E-state index is 11.9. The third kappa shape index (κ3) is 4.82. The van der Waals surface area contributed by atoms with E-state index in [9.17, 15) is 14.7 Å². The van der Waals surface area contributed by atoms with Gasteiger partial charge in [0.05, 0.1) is 19.1 Å². The minimum Gasteiger partial charge on any atom is -0.548 e. The van der Waals surface area contributed by atoms with Crippen molar-refractivity contribution in [2.45, 2.75) is 12.5 Å². The first-order chi connectivity index (χ1) is 9.08. The van der Waals surface area contributed by atoms with Gasteiger partial charge in [-0.3, -0.25) is 4.79 Å². The van der Waals surface area contributed by atoms with E-state index in [4.69, 9.17) is 4.74 Å². The molecule has 0 saturated heterocycles. The van der Waals surface area contributed by atoms with Crippen LogP contribution in [0.25, 0.3) is 0 Å². The van der Waals surface area contributed by atoms with Gasteiger partial charge in [0.15, 0.2) is 0 Å². The van der Waals surface area contributed by atoms with Crippen molar-refractivity contribution in [3.8, 4) is 5.75 Å². The highest BCUT2D eigenvalue weighted by atomic mass is 32.2. The molecule has 1 aromatic rings. The van der Waals surface area contributed by atoms with Crippen LogP contribution in [-0.2, 0) is 4.79 Å². The molecule has 0 aliphatic carbocycles. The first-order valence-corrected chi connectivity index (χ1v) is 7.12. The summed E-state index contributed by atoms with van der Waals surface area (Å²) in [5.74, 6) is -0.425. The number of aliphatic carboxylic acids is 1. The van der Waals surface area contributed by atoms with Crippen LogP contribution in [0.4, 0.5) is 0 Å². The second kappa shape index (κ2) is 7.68. The minimum absolute atomic E-state index is 0.339. The minimum atomic E-state index is -1.27. The van der Waals surface area contributed by atoms with Gasteiger partial charge in [-0.1, -0.05) is 0 Å². The number of carbonyl (C=O) groups is 2. The Labute approximate surface area is 116 Å². The predicted molar refractivity (Wildman–Crippen MR) is 72.3 cm³/mol. The van der Waals surface area contributed by atoms with Gasteiger partial charge in [0.25, 0.3) is 5.91 Å². The maximum absolute atomic E-state index is 11.9. The number of ether oxygens (including phenoxy) is 1. The van der Waals surface area contributed by atoms with Gasteiger partial charge in [0.1, 0.15) is 5.75 Å². The quantitative estimate of drug-likeness (QED) is 0.778. The molecule has 6 heteroatoms. The number of nitrogens with one attached hydrogen (secondary N) is 1. The van der Waals surface area contributed by atoms with E-state index in [2.05, 4.69) is 5.32 Å². The topological polar surface area (TPSA) is 78.5 Å². The van der Waals surface area contributed by atoms with Crippen LogP contribution in [0.3, 0.4) is 0 Å². The van der Waals surface area contributed by atoms with Crippen LogP contribution in [0.15, 0.2) is 24.3 Å². The van der Waals surface area contributed by atoms with Gasteiger partial charge in [-0.15, -0.1) is 0 Å². The molecular weight excluding hydrogens is 266 g/mol. The lowest BCUT2D eigenvalue weighted by atomic mass is 10.1. The number of rotatable bonds is 7. The Morgan fingerprint density at radius 1 is 1.37 bits per heavy atom. The molecule has 0 fully saturated rings. The molecule has 1 atom stereocenters. The van der Waals surface area contributed by atoms with Crippen molar-refractivity contribution in [1.29, 1.82) is 0 Å². The van der Waals surface area contributed by atoms with Gasteiger partial charge in [-0.25, -0.2) is 0 Å². The van der Waals surface area contributed by atoms with E-state index in [-0.39, 0.29) is 0 Å². The van der Waals surface area contributed by atoms with Crippen molar-refractivity contribution in [2.75, 3.05) is 19.1 Å². The molecule has 0 aliphatic rings. The van der Waals surface area contributed by atoms with E-state index in [1.807, 2.05) is 6.26 Å². The highest BCUT2D eigenvalue weighted by Gasteiger charge is 2.14. The van der Waals surface area contributed by atoms with Crippen LogP contribution < -0.4 is 15.2 Å². The Morgan fingerprint density at radius 2 is 2.00 bits per heavy atom. The largest absolute Gasteiger partial charge is 0.548 e. The number of thioether (sulfide) groups is 1. The first kappa shape index (κ1) is 15.4. The average molecular weight is 282 g/mol. The lowest BCUT2D eigenvalue weighted by Crippen LogP contribution is -2.48. The SMILES string of the molecule is COc1ccc(C(=O)N[C@@H](CCSC)C(=O)[O-])cc1. The fourth-order valence-corrected chi connectivity index (χ4v) is 1.94. The third-order valence-electron chi connectivity index (χ3n) is 2.55. The predicted octanol–water partition coefficient (Wildman–Crippen LogP) is 0.297. The molecule has 1 N–H and O–H groups in total. The number of benzene rings is 1. The molecule has 0 radical (unpaired) electrons. The highest BCUT2D eigenvalue weighted by molar-refractivity contribution is 7.98. The van der Waals surface area contributed by atoms with Crippen LogP contribution in [0.5, 0.6) is 5.75 Å². The van der Waals surface area contributed by atoms with E-state index >= 15 is 0 Å². The molecule has 0 saturated carbocycles. The molecule has 0 bridgehead atoms. The monoisotopic (exact) mass is 282 g/mol. The summed E-state index contributed by atoms with van der Waals surface area (Å²) in [6.07, 6.45) is 2.21. The summed E-state index contributed by atoms with van der Waals surface area (Å²) in [7, 11) is 1.53. The van der Waals surface area contributed by atoms with Gasteiger partial charge in [0, 0.05) is 5.56 Å². The summed E-state index contributed by atoms with van der Waals surface area (Å²) in [6, 6.07) is 5.47. The Morgan fingerprint density at radius 3 is 2.47 bits per heavy atom. The van der Waals surface area contributed by atoms with Gasteiger partial charge in [-0.05, 0) is 42.7 Å². The van der Waals surface area contributed by atoms with Crippen molar-refractivity contribution in [2.24, 2.45) is 0 Å². The molecular formula is C13H16NO4S-. The number of hydrogen-bond donors (Lipinski definition) is 1. The van der Waals surface area contributed by atoms with Gasteiger partial charge in [-0.2, -0.15) is 11.8 Å². The Kier molecular flexibility index (Phi) is 6.21. The summed E-state index contributed by atoms with van der Waals surface area (Å²) in [5.41, 5.74) is 0.385. The summed E-state index contributed by atoms with van der Waals surface area (Å²) in [4.78, 5) is 22.8. The molecule has 1 amide bonds. The van der Waals surface area contributed by atoms with Gasteiger partial charge in [0.2, 0.25) is 0 Å². The summed E-state index contributed by atoms with van der Waals surface area (Å²) < 4.78 is 4.98. The molecule has 104 valence electrons. The maximum Gasteiger partial charge on any atom is 0.251 e. The summed E-state index contributed by atoms with van der Waals surface area (Å²) >= 11 is 1.52. The summed E-state index contributed by atoms with van der Waals surface area (Å²) in [5, 5.41) is 13.4. The molecule has 19 heavy (non-hydrogen) atoms. The molecule has 1 aromatic carbocycles. The highest BCUT2D eigenvalue weighted by Crippen LogP contribution is 2.11. The molecule has 0 heterocycles. The smallest absolute Gasteiger partial charge is 0.251 e. The molecule has 1 rings (SSSR count). The molecule has 0 unspecified atom stereocenters. The first-order valence-electron chi connectivity index (χ1n) is 5.73. The molecule has 0 aromatic heterocycles. The number of amides is 1. The van der Waals surface area contributed by atoms with Crippen molar-refractivity contribution < 1.29 is 19.4 Å². The number of carboxylic acids is 1. The molecule has 0 spiro atoms. The Balaban J connectivity index is 2.67. The van der Waals surface area contributed by atoms with Crippen molar-refractivity contribution in [1.82, 2.24) is 5.32 Å². The van der Waals surface area contributed by atoms with Crippen LogP contribution >= 0.6 is 11.8 Å². The molecule has 5 nitrogen and oxygen atoms in total. The third-order valence-corrected chi connectivity index (χ3v) is 3.20. The van der Waals surface area contributed by atoms with Crippen molar-refractivity contribution in [3.05, 3.63) is 29.8 Å². The normalized spacial score (nSPS) is 11.7. The lowest BCUT2D eigenvalue weighted by molar-refractivity contribution is -0.308. The van der Waals surface area contributed by atoms with Crippen molar-refractivity contribution in [3.63, 3.8) is 0 Å². The number of hydrogen-bond acceptors (Lipinski definition) is 5. The van der Waals surface area contributed by atoms with E-state index in [1.54, 1.807) is 24.3 Å². The van der Waals surface area contributed by atoms with Crippen LogP contribution in [0.1, 0.15) is 16.8 Å². The van der Waals surface area contributed by atoms with E-state index in [0.717, 1.165) is 0 Å². The van der Waals surface area contributed by atoms with Crippen LogP contribution in [-0.4, -0.2) is 37.0 Å². The zero-order valence-electron chi connectivity index (χ0n) is 10.8. The fourth-order valence-electron chi connectivity index (χ4n) is 1.47. The zero-order chi connectivity index (χ0) is 14.3.